The Balaban J connectivity index is 1.99. The summed E-state index contributed by atoms with van der Waals surface area (Å²) in [5.41, 5.74) is 7.03. The van der Waals surface area contributed by atoms with Crippen molar-refractivity contribution >= 4 is 48.6 Å². The summed E-state index contributed by atoms with van der Waals surface area (Å²) >= 11 is 0. The molecule has 3 heteroatoms. The Hall–Kier alpha value is -2.41. The van der Waals surface area contributed by atoms with Crippen LogP contribution in [0.4, 0.5) is 0 Å². The van der Waals surface area contributed by atoms with Gasteiger partial charge in [-0.05, 0) is 29.3 Å². The number of benzene rings is 3. The summed E-state index contributed by atoms with van der Waals surface area (Å²) in [5, 5.41) is 2.36. The average Bonchev–Trinajstić information content (AvgIpc) is 2.85. The second kappa shape index (κ2) is 4.56. The molecule has 0 atom stereocenters. The molecule has 0 aliphatic carbocycles. The van der Waals surface area contributed by atoms with Crippen molar-refractivity contribution in [1.29, 1.82) is 0 Å². The Morgan fingerprint density at radius 3 is 2.38 bits per heavy atom. The highest BCUT2D eigenvalue weighted by molar-refractivity contribution is 6.40. The minimum atomic E-state index is 0.949. The first-order valence-corrected chi connectivity index (χ1v) is 7.21. The van der Waals surface area contributed by atoms with Crippen LogP contribution in [0.25, 0.3) is 33.1 Å². The van der Waals surface area contributed by atoms with E-state index in [1.165, 1.54) is 32.8 Å². The van der Waals surface area contributed by atoms with Crippen LogP contribution in [0.2, 0.25) is 0 Å². The number of furan rings is 1. The predicted molar refractivity (Wildman–Crippen MR) is 95.5 cm³/mol. The second-order valence-electron chi connectivity index (χ2n) is 5.63. The van der Waals surface area contributed by atoms with Crippen LogP contribution in [-0.4, -0.2) is 15.7 Å². The van der Waals surface area contributed by atoms with Gasteiger partial charge in [-0.1, -0.05) is 53.4 Å². The second-order valence-corrected chi connectivity index (χ2v) is 5.63. The van der Waals surface area contributed by atoms with Crippen LogP contribution in [0.1, 0.15) is 0 Å². The molecule has 4 rings (SSSR count). The summed E-state index contributed by atoms with van der Waals surface area (Å²) < 4.78 is 5.89. The van der Waals surface area contributed by atoms with E-state index < -0.39 is 0 Å². The van der Waals surface area contributed by atoms with Crippen LogP contribution >= 0.6 is 0 Å². The largest absolute Gasteiger partial charge is 0.456 e. The fraction of sp³-hybridized carbons (Fsp3) is 0. The van der Waals surface area contributed by atoms with Gasteiger partial charge in [0.15, 0.2) is 0 Å². The molecule has 1 aromatic heterocycles. The molecule has 1 nitrogen and oxygen atoms in total. The molecule has 0 bridgehead atoms. The molecule has 98 valence electrons. The van der Waals surface area contributed by atoms with Gasteiger partial charge in [0.2, 0.25) is 0 Å². The zero-order valence-corrected chi connectivity index (χ0v) is 12.2. The van der Waals surface area contributed by atoms with E-state index in [1.54, 1.807) is 0 Å². The highest BCUT2D eigenvalue weighted by atomic mass is 16.3. The van der Waals surface area contributed by atoms with Gasteiger partial charge in [-0.3, -0.25) is 0 Å². The first-order valence-electron chi connectivity index (χ1n) is 7.21. The Kier molecular flexibility index (Phi) is 2.68. The zero-order chi connectivity index (χ0) is 14.4. The molecule has 4 aromatic rings. The van der Waals surface area contributed by atoms with Crippen LogP contribution in [-0.2, 0) is 0 Å². The first kappa shape index (κ1) is 12.3. The van der Waals surface area contributed by atoms with Gasteiger partial charge in [0.05, 0.1) is 0 Å². The van der Waals surface area contributed by atoms with Gasteiger partial charge in [0.1, 0.15) is 26.9 Å². The molecule has 0 spiro atoms. The Bertz CT molecular complexity index is 969. The maximum Gasteiger partial charge on any atom is 0.140 e. The first-order chi connectivity index (χ1) is 10.2. The van der Waals surface area contributed by atoms with E-state index in [9.17, 15) is 0 Å². The van der Waals surface area contributed by atoms with E-state index in [0.717, 1.165) is 11.2 Å². The maximum absolute atomic E-state index is 5.89. The lowest BCUT2D eigenvalue weighted by molar-refractivity contribution is 0.669. The number of hydrogen-bond donors (Lipinski definition) is 0. The molecule has 0 fully saturated rings. The monoisotopic (exact) mass is 268 g/mol. The summed E-state index contributed by atoms with van der Waals surface area (Å²) in [6.45, 7) is 0. The highest BCUT2D eigenvalue weighted by Crippen LogP contribution is 2.31. The molecular weight excluding hydrogens is 254 g/mol. The summed E-state index contributed by atoms with van der Waals surface area (Å²) in [4.78, 5) is 0. The predicted octanol–water partition coefficient (Wildman–Crippen LogP) is 1.77. The molecule has 0 N–H and O–H groups in total. The molecular formula is C18H14B2O. The van der Waals surface area contributed by atoms with Gasteiger partial charge in [-0.25, -0.2) is 0 Å². The van der Waals surface area contributed by atoms with Crippen LogP contribution < -0.4 is 10.9 Å². The van der Waals surface area contributed by atoms with E-state index in [2.05, 4.69) is 64.2 Å². The molecule has 0 saturated carbocycles. The lowest BCUT2D eigenvalue weighted by Crippen LogP contribution is -2.15. The molecule has 0 amide bonds. The summed E-state index contributed by atoms with van der Waals surface area (Å²) in [7, 11) is 4.30. The van der Waals surface area contributed by atoms with Gasteiger partial charge in [-0.2, -0.15) is 0 Å². The van der Waals surface area contributed by atoms with Crippen LogP contribution in [0, 0.1) is 0 Å². The molecule has 0 unspecified atom stereocenters. The van der Waals surface area contributed by atoms with Crippen LogP contribution in [0.3, 0.4) is 0 Å². The van der Waals surface area contributed by atoms with Gasteiger partial charge in [0.25, 0.3) is 0 Å². The lowest BCUT2D eigenvalue weighted by Gasteiger charge is -2.07. The SMILES string of the molecule is Bc1ccc(-c2ccc3oc4ccccc4c3c2)c(B)c1. The quantitative estimate of drug-likeness (QED) is 0.479. The third kappa shape index (κ3) is 1.97. The van der Waals surface area contributed by atoms with Gasteiger partial charge < -0.3 is 4.42 Å². The average molecular weight is 268 g/mol. The van der Waals surface area contributed by atoms with Crippen molar-refractivity contribution in [3.8, 4) is 11.1 Å². The van der Waals surface area contributed by atoms with Crippen molar-refractivity contribution in [2.45, 2.75) is 0 Å². The van der Waals surface area contributed by atoms with Crippen molar-refractivity contribution in [3.05, 3.63) is 60.7 Å². The summed E-state index contributed by atoms with van der Waals surface area (Å²) in [6, 6.07) is 21.3. The standard InChI is InChI=1S/C18H14B2O/c19-12-6-7-13(16(20)10-12)11-5-8-18-15(9-11)14-3-1-2-4-17(14)21-18/h1-10H,19-20H2. The molecule has 21 heavy (non-hydrogen) atoms. The molecule has 0 saturated heterocycles. The summed E-state index contributed by atoms with van der Waals surface area (Å²) in [6.07, 6.45) is 0. The van der Waals surface area contributed by atoms with E-state index in [1.807, 2.05) is 12.1 Å². The minimum absolute atomic E-state index is 0.949. The van der Waals surface area contributed by atoms with Crippen molar-refractivity contribution in [2.24, 2.45) is 0 Å². The van der Waals surface area contributed by atoms with Crippen molar-refractivity contribution in [3.63, 3.8) is 0 Å². The van der Waals surface area contributed by atoms with Crippen LogP contribution in [0.15, 0.2) is 65.1 Å². The fourth-order valence-corrected chi connectivity index (χ4v) is 3.03. The van der Waals surface area contributed by atoms with Gasteiger partial charge in [-0.15, -0.1) is 0 Å². The topological polar surface area (TPSA) is 13.1 Å². The summed E-state index contributed by atoms with van der Waals surface area (Å²) in [5.74, 6) is 0. The Morgan fingerprint density at radius 1 is 0.714 bits per heavy atom. The van der Waals surface area contributed by atoms with Crippen LogP contribution in [0.5, 0.6) is 0 Å². The van der Waals surface area contributed by atoms with Crippen molar-refractivity contribution in [1.82, 2.24) is 0 Å². The number of rotatable bonds is 1. The Morgan fingerprint density at radius 2 is 1.52 bits per heavy atom. The smallest absolute Gasteiger partial charge is 0.140 e. The molecule has 0 radical (unpaired) electrons. The normalized spacial score (nSPS) is 11.2. The molecule has 0 aliphatic rings. The highest BCUT2D eigenvalue weighted by Gasteiger charge is 2.08. The van der Waals surface area contributed by atoms with E-state index in [0.29, 0.717) is 0 Å². The third-order valence-electron chi connectivity index (χ3n) is 4.07. The third-order valence-corrected chi connectivity index (χ3v) is 4.07. The minimum Gasteiger partial charge on any atom is -0.456 e. The number of fused-ring (bicyclic) bond motifs is 3. The van der Waals surface area contributed by atoms with Gasteiger partial charge >= 0.3 is 0 Å². The van der Waals surface area contributed by atoms with E-state index in [4.69, 9.17) is 4.42 Å². The number of hydrogen-bond acceptors (Lipinski definition) is 1. The number of para-hydroxylation sites is 1. The van der Waals surface area contributed by atoms with E-state index >= 15 is 0 Å². The maximum atomic E-state index is 5.89. The molecule has 3 aromatic carbocycles. The van der Waals surface area contributed by atoms with Gasteiger partial charge in [0, 0.05) is 10.8 Å². The van der Waals surface area contributed by atoms with E-state index in [-0.39, 0.29) is 0 Å². The van der Waals surface area contributed by atoms with Crippen molar-refractivity contribution < 1.29 is 4.42 Å². The fourth-order valence-electron chi connectivity index (χ4n) is 3.03. The van der Waals surface area contributed by atoms with Crippen molar-refractivity contribution in [2.75, 3.05) is 0 Å². The Labute approximate surface area is 125 Å². The molecule has 0 aliphatic heterocycles. The lowest BCUT2D eigenvalue weighted by atomic mass is 9.82. The zero-order valence-electron chi connectivity index (χ0n) is 12.2. The molecule has 1 heterocycles.